The first-order valence-electron chi connectivity index (χ1n) is 7.20. The van der Waals surface area contributed by atoms with Crippen LogP contribution in [0, 0.1) is 5.92 Å². The molecule has 1 amide bonds. The summed E-state index contributed by atoms with van der Waals surface area (Å²) in [5, 5.41) is 3.59. The second kappa shape index (κ2) is 7.70. The molecule has 0 spiro atoms. The third kappa shape index (κ3) is 4.66. The first-order valence-corrected chi connectivity index (χ1v) is 7.20. The van der Waals surface area contributed by atoms with Crippen molar-refractivity contribution in [2.24, 2.45) is 5.92 Å². The Labute approximate surface area is 106 Å². The molecule has 0 aromatic rings. The highest BCUT2D eigenvalue weighted by molar-refractivity contribution is 5.76. The fourth-order valence-corrected chi connectivity index (χ4v) is 2.49. The molecule has 1 fully saturated rings. The molecular formula is C14H28N2O. The van der Waals surface area contributed by atoms with Crippen molar-refractivity contribution in [1.82, 2.24) is 10.2 Å². The highest BCUT2D eigenvalue weighted by Gasteiger charge is 2.27. The molecule has 1 aliphatic rings. The Hall–Kier alpha value is -0.570. The second-order valence-electron chi connectivity index (χ2n) is 5.27. The van der Waals surface area contributed by atoms with Crippen LogP contribution in [0.3, 0.4) is 0 Å². The van der Waals surface area contributed by atoms with Crippen LogP contribution < -0.4 is 5.32 Å². The highest BCUT2D eigenvalue weighted by Crippen LogP contribution is 2.18. The van der Waals surface area contributed by atoms with Gasteiger partial charge in [-0.3, -0.25) is 4.79 Å². The molecule has 1 saturated heterocycles. The fourth-order valence-electron chi connectivity index (χ4n) is 2.49. The lowest BCUT2D eigenvalue weighted by Gasteiger charge is -2.37. The molecule has 0 aliphatic carbocycles. The number of carbonyl (C=O) groups excluding carboxylic acids is 1. The predicted molar refractivity (Wildman–Crippen MR) is 72.0 cm³/mol. The van der Waals surface area contributed by atoms with E-state index in [0.717, 1.165) is 45.3 Å². The van der Waals surface area contributed by atoms with E-state index in [1.165, 1.54) is 6.42 Å². The zero-order chi connectivity index (χ0) is 12.7. The number of carbonyl (C=O) groups is 1. The van der Waals surface area contributed by atoms with Crippen molar-refractivity contribution in [2.75, 3.05) is 19.6 Å². The van der Waals surface area contributed by atoms with Gasteiger partial charge >= 0.3 is 0 Å². The number of likely N-dealkylation sites (tertiary alicyclic amines) is 1. The molecule has 0 saturated carbocycles. The number of piperidine rings is 1. The predicted octanol–water partition coefficient (Wildman–Crippen LogP) is 2.41. The monoisotopic (exact) mass is 240 g/mol. The van der Waals surface area contributed by atoms with Gasteiger partial charge in [-0.2, -0.15) is 0 Å². The van der Waals surface area contributed by atoms with Crippen molar-refractivity contribution in [1.29, 1.82) is 0 Å². The van der Waals surface area contributed by atoms with E-state index in [1.54, 1.807) is 0 Å². The van der Waals surface area contributed by atoms with Crippen LogP contribution in [0.25, 0.3) is 0 Å². The molecule has 0 aromatic heterocycles. The third-order valence-electron chi connectivity index (χ3n) is 3.66. The second-order valence-corrected chi connectivity index (χ2v) is 5.27. The van der Waals surface area contributed by atoms with Crippen LogP contribution in [-0.4, -0.2) is 36.5 Å². The van der Waals surface area contributed by atoms with Crippen molar-refractivity contribution in [2.45, 2.75) is 58.9 Å². The Bertz CT molecular complexity index is 230. The van der Waals surface area contributed by atoms with Gasteiger partial charge < -0.3 is 10.2 Å². The Kier molecular flexibility index (Phi) is 6.56. The molecule has 17 heavy (non-hydrogen) atoms. The van der Waals surface area contributed by atoms with Crippen LogP contribution in [0.5, 0.6) is 0 Å². The zero-order valence-electron chi connectivity index (χ0n) is 11.7. The summed E-state index contributed by atoms with van der Waals surface area (Å²) >= 11 is 0. The van der Waals surface area contributed by atoms with Gasteiger partial charge in [-0.25, -0.2) is 0 Å². The van der Waals surface area contributed by atoms with Crippen molar-refractivity contribution >= 4 is 5.91 Å². The van der Waals surface area contributed by atoms with E-state index < -0.39 is 0 Å². The summed E-state index contributed by atoms with van der Waals surface area (Å²) in [7, 11) is 0. The summed E-state index contributed by atoms with van der Waals surface area (Å²) in [5.74, 6) is 0.938. The average Bonchev–Trinajstić information content (AvgIpc) is 2.34. The molecule has 1 aliphatic heterocycles. The van der Waals surface area contributed by atoms with Crippen LogP contribution in [0.1, 0.15) is 52.9 Å². The lowest BCUT2D eigenvalue weighted by molar-refractivity contribution is -0.133. The number of nitrogens with zero attached hydrogens (tertiary/aromatic N) is 1. The quantitative estimate of drug-likeness (QED) is 0.773. The summed E-state index contributed by atoms with van der Waals surface area (Å²) in [6.07, 6.45) is 5.16. The van der Waals surface area contributed by atoms with E-state index >= 15 is 0 Å². The lowest BCUT2D eigenvalue weighted by atomic mass is 9.93. The number of amides is 1. The fraction of sp³-hybridized carbons (Fsp3) is 0.929. The summed E-state index contributed by atoms with van der Waals surface area (Å²) < 4.78 is 0. The number of hydrogen-bond acceptors (Lipinski definition) is 2. The van der Waals surface area contributed by atoms with Gasteiger partial charge in [0, 0.05) is 25.6 Å². The van der Waals surface area contributed by atoms with Crippen molar-refractivity contribution < 1.29 is 4.79 Å². The normalized spacial score (nSPS) is 25.0. The minimum Gasteiger partial charge on any atom is -0.342 e. The van der Waals surface area contributed by atoms with E-state index in [2.05, 4.69) is 31.0 Å². The van der Waals surface area contributed by atoms with Crippen LogP contribution >= 0.6 is 0 Å². The number of rotatable bonds is 6. The van der Waals surface area contributed by atoms with Gasteiger partial charge in [0.25, 0.3) is 0 Å². The summed E-state index contributed by atoms with van der Waals surface area (Å²) in [6, 6.07) is 0.602. The van der Waals surface area contributed by atoms with Crippen LogP contribution in [0.15, 0.2) is 0 Å². The maximum absolute atomic E-state index is 11.9. The molecule has 0 aromatic carbocycles. The molecule has 0 radical (unpaired) electrons. The molecule has 1 heterocycles. The largest absolute Gasteiger partial charge is 0.342 e. The maximum Gasteiger partial charge on any atom is 0.222 e. The third-order valence-corrected chi connectivity index (χ3v) is 3.66. The highest BCUT2D eigenvalue weighted by atomic mass is 16.2. The smallest absolute Gasteiger partial charge is 0.222 e. The summed E-state index contributed by atoms with van der Waals surface area (Å²) in [5.41, 5.74) is 0. The van der Waals surface area contributed by atoms with Crippen molar-refractivity contribution in [3.63, 3.8) is 0 Å². The molecule has 100 valence electrons. The maximum atomic E-state index is 11.9. The molecule has 2 unspecified atom stereocenters. The number of hydrogen-bond donors (Lipinski definition) is 1. The molecular weight excluding hydrogens is 212 g/mol. The Morgan fingerprint density at radius 2 is 2.12 bits per heavy atom. The van der Waals surface area contributed by atoms with Gasteiger partial charge in [0.15, 0.2) is 0 Å². The van der Waals surface area contributed by atoms with Gasteiger partial charge in [-0.1, -0.05) is 27.2 Å². The van der Waals surface area contributed by atoms with Gasteiger partial charge in [0.05, 0.1) is 0 Å². The zero-order valence-corrected chi connectivity index (χ0v) is 11.7. The Balaban J connectivity index is 2.32. The molecule has 3 heteroatoms. The summed E-state index contributed by atoms with van der Waals surface area (Å²) in [6.45, 7) is 9.56. The minimum atomic E-state index is 0.354. The van der Waals surface area contributed by atoms with E-state index in [-0.39, 0.29) is 0 Å². The first-order chi connectivity index (χ1) is 8.19. The van der Waals surface area contributed by atoms with Crippen LogP contribution in [-0.2, 0) is 4.79 Å². The Morgan fingerprint density at radius 3 is 2.71 bits per heavy atom. The van der Waals surface area contributed by atoms with Crippen LogP contribution in [0.2, 0.25) is 0 Å². The minimum absolute atomic E-state index is 0.354. The summed E-state index contributed by atoms with van der Waals surface area (Å²) in [4.78, 5) is 14.0. The molecule has 0 bridgehead atoms. The first kappa shape index (κ1) is 14.5. The van der Waals surface area contributed by atoms with E-state index in [0.29, 0.717) is 17.9 Å². The van der Waals surface area contributed by atoms with E-state index in [4.69, 9.17) is 0 Å². The van der Waals surface area contributed by atoms with Gasteiger partial charge in [-0.15, -0.1) is 0 Å². The number of nitrogens with one attached hydrogen (secondary N) is 1. The van der Waals surface area contributed by atoms with Gasteiger partial charge in [-0.05, 0) is 31.7 Å². The standard InChI is InChI=1S/C14H28N2O/c1-4-6-7-14(17)16-10-8-13(12(3)11-16)15-9-5-2/h12-13,15H,4-11H2,1-3H3. The van der Waals surface area contributed by atoms with E-state index in [9.17, 15) is 4.79 Å². The molecule has 3 nitrogen and oxygen atoms in total. The lowest BCUT2D eigenvalue weighted by Crippen LogP contribution is -2.50. The van der Waals surface area contributed by atoms with Crippen molar-refractivity contribution in [3.05, 3.63) is 0 Å². The molecule has 1 N–H and O–H groups in total. The number of unbranched alkanes of at least 4 members (excludes halogenated alkanes) is 1. The topological polar surface area (TPSA) is 32.3 Å². The average molecular weight is 240 g/mol. The molecule has 1 rings (SSSR count). The van der Waals surface area contributed by atoms with Gasteiger partial charge in [0.2, 0.25) is 5.91 Å². The van der Waals surface area contributed by atoms with Crippen molar-refractivity contribution in [3.8, 4) is 0 Å². The van der Waals surface area contributed by atoms with E-state index in [1.807, 2.05) is 0 Å². The SMILES string of the molecule is CCCCC(=O)N1CCC(NCCC)C(C)C1. The molecule has 2 atom stereocenters. The van der Waals surface area contributed by atoms with Gasteiger partial charge in [0.1, 0.15) is 0 Å². The Morgan fingerprint density at radius 1 is 1.35 bits per heavy atom. The van der Waals surface area contributed by atoms with Crippen LogP contribution in [0.4, 0.5) is 0 Å².